The number of benzene rings is 1. The zero-order valence-corrected chi connectivity index (χ0v) is 13.8. The molecule has 0 aliphatic rings. The van der Waals surface area contributed by atoms with Gasteiger partial charge in [0.05, 0.1) is 13.1 Å². The average molecular weight is 280 g/mol. The third-order valence-corrected chi connectivity index (χ3v) is 3.23. The summed E-state index contributed by atoms with van der Waals surface area (Å²) in [7, 11) is 0. The molecule has 1 aromatic carbocycles. The highest BCUT2D eigenvalue weighted by Gasteiger charge is 2.13. The van der Waals surface area contributed by atoms with E-state index >= 15 is 0 Å². The number of likely N-dealkylation sites (N-methyl/N-ethyl adjacent to an activating group) is 1. The topological polar surface area (TPSA) is 59.6 Å². The van der Waals surface area contributed by atoms with Crippen molar-refractivity contribution in [3.63, 3.8) is 0 Å². The predicted molar refractivity (Wildman–Crippen MR) is 87.2 cm³/mol. The number of aryl methyl sites for hydroxylation is 2. The summed E-state index contributed by atoms with van der Waals surface area (Å²) in [5, 5.41) is 2.99. The number of nitrogen functional groups attached to an aromatic ring is 1. The molecule has 20 heavy (non-hydrogen) atoms. The van der Waals surface area contributed by atoms with Crippen molar-refractivity contribution in [2.24, 2.45) is 0 Å². The lowest BCUT2D eigenvalue weighted by Gasteiger charge is -2.17. The summed E-state index contributed by atoms with van der Waals surface area (Å²) in [5.41, 5.74) is 9.41. The van der Waals surface area contributed by atoms with Gasteiger partial charge in [-0.05, 0) is 51.0 Å². The Morgan fingerprint density at radius 3 is 2.00 bits per heavy atom. The Bertz CT molecular complexity index is 403. The number of nitrogens with one attached hydrogen (secondary N) is 2. The van der Waals surface area contributed by atoms with E-state index in [1.54, 1.807) is 0 Å². The first-order valence-corrected chi connectivity index (χ1v) is 7.48. The van der Waals surface area contributed by atoms with E-state index in [2.05, 4.69) is 19.2 Å². The van der Waals surface area contributed by atoms with E-state index in [1.165, 1.54) is 4.90 Å². The van der Waals surface area contributed by atoms with Gasteiger partial charge in [0.25, 0.3) is 5.91 Å². The molecule has 4 nitrogen and oxygen atoms in total. The lowest BCUT2D eigenvalue weighted by Crippen LogP contribution is -3.12. The van der Waals surface area contributed by atoms with E-state index in [-0.39, 0.29) is 5.91 Å². The normalized spacial score (nSPS) is 9.95. The highest BCUT2D eigenvalue weighted by atomic mass is 16.2. The summed E-state index contributed by atoms with van der Waals surface area (Å²) in [4.78, 5) is 13.2. The van der Waals surface area contributed by atoms with Crippen molar-refractivity contribution in [2.45, 2.75) is 41.5 Å². The van der Waals surface area contributed by atoms with Crippen LogP contribution >= 0.6 is 0 Å². The molecule has 0 fully saturated rings. The van der Waals surface area contributed by atoms with Gasteiger partial charge >= 0.3 is 0 Å². The molecule has 0 unspecified atom stereocenters. The molecular formula is C16H30N3O+. The van der Waals surface area contributed by atoms with Crippen LogP contribution in [0.5, 0.6) is 0 Å². The van der Waals surface area contributed by atoms with Crippen molar-refractivity contribution in [1.29, 1.82) is 0 Å². The van der Waals surface area contributed by atoms with Crippen LogP contribution in [-0.2, 0) is 4.79 Å². The average Bonchev–Trinajstić information content (AvgIpc) is 2.42. The largest absolute Gasteiger partial charge is 0.399 e. The minimum absolute atomic E-state index is 0.0599. The van der Waals surface area contributed by atoms with Gasteiger partial charge in [0.1, 0.15) is 0 Å². The van der Waals surface area contributed by atoms with Gasteiger partial charge in [0, 0.05) is 11.4 Å². The van der Waals surface area contributed by atoms with Crippen LogP contribution in [0.15, 0.2) is 12.1 Å². The number of hydrogen-bond acceptors (Lipinski definition) is 2. The summed E-state index contributed by atoms with van der Waals surface area (Å²) in [6.07, 6.45) is 0. The SMILES string of the molecule is CC.CC[NH+](CC)CC(=O)Nc1c(C)cc(N)cc1C. The Morgan fingerprint density at radius 1 is 1.15 bits per heavy atom. The second kappa shape index (κ2) is 9.37. The van der Waals surface area contributed by atoms with Crippen LogP contribution in [0, 0.1) is 13.8 Å². The molecule has 1 amide bonds. The molecule has 0 heterocycles. The smallest absolute Gasteiger partial charge is 0.279 e. The van der Waals surface area contributed by atoms with E-state index in [9.17, 15) is 4.79 Å². The van der Waals surface area contributed by atoms with Crippen LogP contribution in [0.25, 0.3) is 0 Å². The minimum Gasteiger partial charge on any atom is -0.399 e. The summed E-state index contributed by atoms with van der Waals surface area (Å²) in [6.45, 7) is 14.5. The van der Waals surface area contributed by atoms with Crippen molar-refractivity contribution < 1.29 is 9.69 Å². The standard InChI is InChI=1S/C14H23N3O.C2H6/c1-5-17(6-2)9-13(18)16-14-10(3)7-12(15)8-11(14)4;1-2/h7-8H,5-6,9,15H2,1-4H3,(H,16,18);1-2H3/p+1. The lowest BCUT2D eigenvalue weighted by molar-refractivity contribution is -0.888. The second-order valence-corrected chi connectivity index (χ2v) is 4.71. The quantitative estimate of drug-likeness (QED) is 0.720. The Morgan fingerprint density at radius 2 is 1.60 bits per heavy atom. The molecule has 1 aromatic rings. The van der Waals surface area contributed by atoms with Crippen molar-refractivity contribution in [2.75, 3.05) is 30.7 Å². The van der Waals surface area contributed by atoms with Crippen molar-refractivity contribution in [1.82, 2.24) is 0 Å². The third kappa shape index (κ3) is 5.61. The fraction of sp³-hybridized carbons (Fsp3) is 0.562. The summed E-state index contributed by atoms with van der Waals surface area (Å²) in [5.74, 6) is 0.0599. The maximum atomic E-state index is 12.0. The predicted octanol–water partition coefficient (Wildman–Crippen LogP) is 1.78. The van der Waals surface area contributed by atoms with Gasteiger partial charge in [-0.1, -0.05) is 13.8 Å². The van der Waals surface area contributed by atoms with Crippen molar-refractivity contribution in [3.8, 4) is 0 Å². The fourth-order valence-corrected chi connectivity index (χ4v) is 2.10. The molecule has 0 aromatic heterocycles. The first kappa shape index (κ1) is 18.4. The number of anilines is 2. The molecule has 0 aliphatic carbocycles. The van der Waals surface area contributed by atoms with Crippen LogP contribution in [0.1, 0.15) is 38.8 Å². The molecule has 0 aliphatic heterocycles. The van der Waals surface area contributed by atoms with Crippen molar-refractivity contribution in [3.05, 3.63) is 23.3 Å². The van der Waals surface area contributed by atoms with Gasteiger partial charge in [-0.2, -0.15) is 0 Å². The van der Waals surface area contributed by atoms with E-state index < -0.39 is 0 Å². The van der Waals surface area contributed by atoms with Crippen LogP contribution in [-0.4, -0.2) is 25.5 Å². The number of carbonyl (C=O) groups is 1. The second-order valence-electron chi connectivity index (χ2n) is 4.71. The number of quaternary nitrogens is 1. The van der Waals surface area contributed by atoms with E-state index in [0.717, 1.165) is 35.6 Å². The van der Waals surface area contributed by atoms with E-state index in [4.69, 9.17) is 5.73 Å². The zero-order chi connectivity index (χ0) is 15.7. The van der Waals surface area contributed by atoms with E-state index in [1.807, 2.05) is 39.8 Å². The number of rotatable bonds is 5. The molecule has 4 N–H and O–H groups in total. The van der Waals surface area contributed by atoms with Crippen LogP contribution in [0.4, 0.5) is 11.4 Å². The maximum Gasteiger partial charge on any atom is 0.279 e. The van der Waals surface area contributed by atoms with Gasteiger partial charge in [-0.15, -0.1) is 0 Å². The molecule has 0 saturated heterocycles. The first-order chi connectivity index (χ1) is 9.47. The third-order valence-electron chi connectivity index (χ3n) is 3.23. The molecule has 0 radical (unpaired) electrons. The summed E-state index contributed by atoms with van der Waals surface area (Å²) < 4.78 is 0. The molecule has 0 spiro atoms. The maximum absolute atomic E-state index is 12.0. The van der Waals surface area contributed by atoms with Crippen LogP contribution < -0.4 is 16.0 Å². The Labute approximate surface area is 123 Å². The molecule has 1 rings (SSSR count). The monoisotopic (exact) mass is 280 g/mol. The van der Waals surface area contributed by atoms with E-state index in [0.29, 0.717) is 6.54 Å². The lowest BCUT2D eigenvalue weighted by atomic mass is 10.1. The van der Waals surface area contributed by atoms with Gasteiger partial charge in [0.2, 0.25) is 0 Å². The molecule has 4 heteroatoms. The Kier molecular flexibility index (Phi) is 8.64. The van der Waals surface area contributed by atoms with Crippen LogP contribution in [0.3, 0.4) is 0 Å². The summed E-state index contributed by atoms with van der Waals surface area (Å²) >= 11 is 0. The number of nitrogens with two attached hydrogens (primary N) is 1. The molecule has 0 saturated carbocycles. The Hall–Kier alpha value is -1.55. The fourth-order valence-electron chi connectivity index (χ4n) is 2.10. The first-order valence-electron chi connectivity index (χ1n) is 7.48. The molecule has 114 valence electrons. The van der Waals surface area contributed by atoms with Gasteiger partial charge in [-0.25, -0.2) is 0 Å². The van der Waals surface area contributed by atoms with Gasteiger partial charge in [0.15, 0.2) is 6.54 Å². The number of hydrogen-bond donors (Lipinski definition) is 3. The Balaban J connectivity index is 0.00000172. The van der Waals surface area contributed by atoms with Gasteiger partial charge < -0.3 is 16.0 Å². The van der Waals surface area contributed by atoms with Gasteiger partial charge in [-0.3, -0.25) is 4.79 Å². The molecule has 0 atom stereocenters. The highest BCUT2D eigenvalue weighted by Crippen LogP contribution is 2.22. The number of carbonyl (C=O) groups excluding carboxylic acids is 1. The zero-order valence-electron chi connectivity index (χ0n) is 13.8. The molecular weight excluding hydrogens is 250 g/mol. The minimum atomic E-state index is 0.0599. The summed E-state index contributed by atoms with van der Waals surface area (Å²) in [6, 6.07) is 3.76. The molecule has 0 bridgehead atoms. The van der Waals surface area contributed by atoms with Crippen molar-refractivity contribution >= 4 is 17.3 Å². The van der Waals surface area contributed by atoms with Crippen LogP contribution in [0.2, 0.25) is 0 Å². The number of amides is 1. The highest BCUT2D eigenvalue weighted by molar-refractivity contribution is 5.93.